The zero-order chi connectivity index (χ0) is 14.6. The lowest BCUT2D eigenvalue weighted by molar-refractivity contribution is -0.274. The molecular weight excluding hydrogens is 293 g/mol. The average molecular weight is 303 g/mol. The highest BCUT2D eigenvalue weighted by Gasteiger charge is 2.30. The molecule has 0 amide bonds. The number of hydrogen-bond acceptors (Lipinski definition) is 2. The molecule has 2 nitrogen and oxygen atoms in total. The first-order chi connectivity index (χ1) is 9.44. The van der Waals surface area contributed by atoms with Crippen LogP contribution >= 0.6 is 11.6 Å². The van der Waals surface area contributed by atoms with Crippen LogP contribution in [0.3, 0.4) is 0 Å². The van der Waals surface area contributed by atoms with Crippen molar-refractivity contribution in [3.05, 3.63) is 59.1 Å². The van der Waals surface area contributed by atoms with Gasteiger partial charge < -0.3 is 9.47 Å². The van der Waals surface area contributed by atoms with E-state index in [2.05, 4.69) is 4.74 Å². The molecule has 0 aliphatic heterocycles. The van der Waals surface area contributed by atoms with Crippen molar-refractivity contribution in [3.63, 3.8) is 0 Å². The van der Waals surface area contributed by atoms with Crippen molar-refractivity contribution in [1.82, 2.24) is 0 Å². The number of hydrogen-bond donors (Lipinski definition) is 0. The zero-order valence-corrected chi connectivity index (χ0v) is 10.9. The molecule has 0 fully saturated rings. The van der Waals surface area contributed by atoms with Crippen molar-refractivity contribution in [2.75, 3.05) is 0 Å². The third kappa shape index (κ3) is 4.35. The highest BCUT2D eigenvalue weighted by molar-refractivity contribution is 6.32. The minimum absolute atomic E-state index is 0.204. The maximum absolute atomic E-state index is 12.0. The Bertz CT molecular complexity index is 567. The summed E-state index contributed by atoms with van der Waals surface area (Å²) in [5.41, 5.74) is 0.708. The predicted octanol–water partition coefficient (Wildman–Crippen LogP) is 4.82. The molecule has 6 heteroatoms. The minimum Gasteiger partial charge on any atom is -0.487 e. The molecule has 0 heterocycles. The first-order valence-corrected chi connectivity index (χ1v) is 6.04. The lowest BCUT2D eigenvalue weighted by Crippen LogP contribution is -2.17. The fraction of sp³-hybridized carbons (Fsp3) is 0.143. The summed E-state index contributed by atoms with van der Waals surface area (Å²) in [6, 6.07) is 12.4. The molecule has 2 rings (SSSR count). The van der Waals surface area contributed by atoms with Crippen LogP contribution in [0.2, 0.25) is 5.02 Å². The summed E-state index contributed by atoms with van der Waals surface area (Å²) in [5.74, 6) is 0.253. The Kier molecular flexibility index (Phi) is 4.39. The zero-order valence-electron chi connectivity index (χ0n) is 10.2. The molecule has 0 spiro atoms. The fourth-order valence-electron chi connectivity index (χ4n) is 1.51. The third-order valence-corrected chi connectivity index (χ3v) is 2.70. The minimum atomic E-state index is -4.68. The smallest absolute Gasteiger partial charge is 0.487 e. The van der Waals surface area contributed by atoms with E-state index in [1.807, 2.05) is 0 Å². The Balaban J connectivity index is 1.96. The largest absolute Gasteiger partial charge is 0.573 e. The van der Waals surface area contributed by atoms with Gasteiger partial charge in [-0.3, -0.25) is 0 Å². The molecule has 2 aromatic carbocycles. The molecule has 0 unspecified atom stereocenters. The van der Waals surface area contributed by atoms with E-state index in [0.29, 0.717) is 16.3 Å². The molecule has 0 aliphatic carbocycles. The Hall–Kier alpha value is -1.88. The van der Waals surface area contributed by atoms with Crippen LogP contribution in [0.25, 0.3) is 0 Å². The molecule has 0 bridgehead atoms. The quantitative estimate of drug-likeness (QED) is 0.806. The number of alkyl halides is 3. The lowest BCUT2D eigenvalue weighted by atomic mass is 10.2. The van der Waals surface area contributed by atoms with E-state index in [9.17, 15) is 13.2 Å². The van der Waals surface area contributed by atoms with Gasteiger partial charge in [0.05, 0.1) is 5.02 Å². The first-order valence-electron chi connectivity index (χ1n) is 5.66. The van der Waals surface area contributed by atoms with Gasteiger partial charge in [-0.05, 0) is 29.8 Å². The van der Waals surface area contributed by atoms with Crippen LogP contribution in [0.4, 0.5) is 13.2 Å². The van der Waals surface area contributed by atoms with Gasteiger partial charge in [0.2, 0.25) is 0 Å². The topological polar surface area (TPSA) is 18.5 Å². The first kappa shape index (κ1) is 14.5. The normalized spacial score (nSPS) is 11.2. The lowest BCUT2D eigenvalue weighted by Gasteiger charge is -2.10. The van der Waals surface area contributed by atoms with Crippen molar-refractivity contribution < 1.29 is 22.6 Å². The van der Waals surface area contributed by atoms with E-state index in [-0.39, 0.29) is 12.4 Å². The van der Waals surface area contributed by atoms with E-state index < -0.39 is 6.36 Å². The van der Waals surface area contributed by atoms with Crippen LogP contribution in [0.15, 0.2) is 48.5 Å². The monoisotopic (exact) mass is 302 g/mol. The summed E-state index contributed by atoms with van der Waals surface area (Å²) in [6.45, 7) is 0.204. The standard InChI is InChI=1S/C14H10ClF3O2/c15-12-3-1-2-4-13(12)19-9-10-5-7-11(8-6-10)20-14(16,17)18/h1-8H,9H2. The molecule has 0 atom stereocenters. The van der Waals surface area contributed by atoms with E-state index in [0.717, 1.165) is 0 Å². The maximum atomic E-state index is 12.0. The van der Waals surface area contributed by atoms with Gasteiger partial charge in [-0.1, -0.05) is 35.9 Å². The molecule has 0 N–H and O–H groups in total. The summed E-state index contributed by atoms with van der Waals surface area (Å²) >= 11 is 5.92. The average Bonchev–Trinajstić information content (AvgIpc) is 2.38. The Morgan fingerprint density at radius 2 is 1.60 bits per heavy atom. The number of para-hydroxylation sites is 1. The van der Waals surface area contributed by atoms with Crippen LogP contribution in [0.5, 0.6) is 11.5 Å². The summed E-state index contributed by atoms with van der Waals surface area (Å²) in [4.78, 5) is 0. The van der Waals surface area contributed by atoms with Crippen LogP contribution in [-0.4, -0.2) is 6.36 Å². The molecule has 0 saturated carbocycles. The summed E-state index contributed by atoms with van der Waals surface area (Å²) < 4.78 is 45.2. The van der Waals surface area contributed by atoms with Crippen LogP contribution in [0.1, 0.15) is 5.56 Å². The Labute approximate surface area is 118 Å². The molecule has 2 aromatic rings. The summed E-state index contributed by atoms with van der Waals surface area (Å²) in [5, 5.41) is 0.476. The van der Waals surface area contributed by atoms with Crippen molar-refractivity contribution in [2.24, 2.45) is 0 Å². The van der Waals surface area contributed by atoms with Gasteiger partial charge in [0.15, 0.2) is 0 Å². The SMILES string of the molecule is FC(F)(F)Oc1ccc(COc2ccccc2Cl)cc1. The third-order valence-electron chi connectivity index (χ3n) is 2.39. The van der Waals surface area contributed by atoms with Crippen LogP contribution in [-0.2, 0) is 6.61 Å². The second-order valence-corrected chi connectivity index (χ2v) is 4.32. The van der Waals surface area contributed by atoms with Gasteiger partial charge >= 0.3 is 6.36 Å². The van der Waals surface area contributed by atoms with Gasteiger partial charge in [0, 0.05) is 0 Å². The van der Waals surface area contributed by atoms with E-state index in [4.69, 9.17) is 16.3 Å². The second kappa shape index (κ2) is 6.05. The van der Waals surface area contributed by atoms with Crippen molar-refractivity contribution in [1.29, 1.82) is 0 Å². The second-order valence-electron chi connectivity index (χ2n) is 3.91. The Morgan fingerprint density at radius 1 is 0.950 bits per heavy atom. The molecule has 106 valence electrons. The highest BCUT2D eigenvalue weighted by Crippen LogP contribution is 2.25. The van der Waals surface area contributed by atoms with Gasteiger partial charge in [0.25, 0.3) is 0 Å². The van der Waals surface area contributed by atoms with Gasteiger partial charge in [-0.25, -0.2) is 0 Å². The number of ether oxygens (including phenoxy) is 2. The van der Waals surface area contributed by atoms with E-state index >= 15 is 0 Å². The van der Waals surface area contributed by atoms with Gasteiger partial charge in [-0.15, -0.1) is 13.2 Å². The van der Waals surface area contributed by atoms with Gasteiger partial charge in [-0.2, -0.15) is 0 Å². The van der Waals surface area contributed by atoms with E-state index in [1.54, 1.807) is 24.3 Å². The van der Waals surface area contributed by atoms with Crippen molar-refractivity contribution >= 4 is 11.6 Å². The predicted molar refractivity (Wildman–Crippen MR) is 68.9 cm³/mol. The molecule has 0 saturated heterocycles. The number of rotatable bonds is 4. The van der Waals surface area contributed by atoms with Crippen molar-refractivity contribution in [3.8, 4) is 11.5 Å². The molecular formula is C14H10ClF3O2. The summed E-state index contributed by atoms with van der Waals surface area (Å²) in [6.07, 6.45) is -4.68. The molecule has 0 aromatic heterocycles. The van der Waals surface area contributed by atoms with Crippen LogP contribution < -0.4 is 9.47 Å². The van der Waals surface area contributed by atoms with E-state index in [1.165, 1.54) is 24.3 Å². The number of halogens is 4. The highest BCUT2D eigenvalue weighted by atomic mass is 35.5. The number of benzene rings is 2. The molecule has 0 radical (unpaired) electrons. The van der Waals surface area contributed by atoms with Crippen molar-refractivity contribution in [2.45, 2.75) is 13.0 Å². The Morgan fingerprint density at radius 3 is 2.20 bits per heavy atom. The fourth-order valence-corrected chi connectivity index (χ4v) is 1.70. The maximum Gasteiger partial charge on any atom is 0.573 e. The van der Waals surface area contributed by atoms with Gasteiger partial charge in [0.1, 0.15) is 18.1 Å². The molecule has 20 heavy (non-hydrogen) atoms. The molecule has 0 aliphatic rings. The van der Waals surface area contributed by atoms with Crippen LogP contribution in [0, 0.1) is 0 Å². The summed E-state index contributed by atoms with van der Waals surface area (Å²) in [7, 11) is 0.